The Hall–Kier alpha value is -2.85. The number of nitrogens with zero attached hydrogens (tertiary/aromatic N) is 2. The SMILES string of the molecule is CCOc1cc(Br)cc(/C=C(/C#N)c2ccc([N+](=O)[O-])cc2)c1O. The number of phenolic OH excluding ortho intramolecular Hbond substituents is 1. The van der Waals surface area contributed by atoms with Crippen LogP contribution < -0.4 is 4.74 Å². The first-order chi connectivity index (χ1) is 11.5. The Morgan fingerprint density at radius 2 is 2.08 bits per heavy atom. The summed E-state index contributed by atoms with van der Waals surface area (Å²) >= 11 is 3.33. The van der Waals surface area contributed by atoms with Gasteiger partial charge >= 0.3 is 0 Å². The first kappa shape index (κ1) is 17.5. The van der Waals surface area contributed by atoms with Crippen LogP contribution >= 0.6 is 15.9 Å². The molecule has 0 saturated carbocycles. The lowest BCUT2D eigenvalue weighted by Crippen LogP contribution is -1.93. The summed E-state index contributed by atoms with van der Waals surface area (Å²) in [7, 11) is 0. The van der Waals surface area contributed by atoms with Gasteiger partial charge < -0.3 is 9.84 Å². The molecule has 0 amide bonds. The molecule has 0 spiro atoms. The second-order valence-electron chi connectivity index (χ2n) is 4.75. The zero-order valence-corrected chi connectivity index (χ0v) is 14.3. The lowest BCUT2D eigenvalue weighted by Gasteiger charge is -2.09. The van der Waals surface area contributed by atoms with E-state index in [-0.39, 0.29) is 17.0 Å². The molecule has 122 valence electrons. The van der Waals surface area contributed by atoms with Crippen LogP contribution in [-0.2, 0) is 0 Å². The first-order valence-corrected chi connectivity index (χ1v) is 7.77. The molecule has 7 heteroatoms. The molecular weight excluding hydrogens is 376 g/mol. The van der Waals surface area contributed by atoms with E-state index in [1.807, 2.05) is 6.07 Å². The zero-order valence-electron chi connectivity index (χ0n) is 12.7. The van der Waals surface area contributed by atoms with Gasteiger partial charge in [-0.15, -0.1) is 0 Å². The fourth-order valence-electron chi connectivity index (χ4n) is 2.07. The maximum absolute atomic E-state index is 10.7. The topological polar surface area (TPSA) is 96.4 Å². The van der Waals surface area contributed by atoms with Crippen molar-refractivity contribution in [2.45, 2.75) is 6.92 Å². The highest BCUT2D eigenvalue weighted by Crippen LogP contribution is 2.36. The molecule has 0 heterocycles. The third-order valence-corrected chi connectivity index (χ3v) is 3.64. The van der Waals surface area contributed by atoms with E-state index in [0.717, 1.165) is 0 Å². The van der Waals surface area contributed by atoms with Crippen molar-refractivity contribution in [3.05, 3.63) is 62.1 Å². The Kier molecular flexibility index (Phi) is 5.55. The van der Waals surface area contributed by atoms with Crippen molar-refractivity contribution in [2.24, 2.45) is 0 Å². The molecule has 0 bridgehead atoms. The predicted octanol–water partition coefficient (Wildman–Crippen LogP) is 4.53. The molecule has 0 unspecified atom stereocenters. The van der Waals surface area contributed by atoms with Gasteiger partial charge in [-0.25, -0.2) is 0 Å². The number of hydrogen-bond acceptors (Lipinski definition) is 5. The van der Waals surface area contributed by atoms with Gasteiger partial charge in [0.05, 0.1) is 23.2 Å². The number of nitro groups is 1. The van der Waals surface area contributed by atoms with Crippen LogP contribution in [-0.4, -0.2) is 16.6 Å². The maximum atomic E-state index is 10.7. The van der Waals surface area contributed by atoms with Gasteiger partial charge in [-0.2, -0.15) is 5.26 Å². The molecule has 2 aromatic rings. The summed E-state index contributed by atoms with van der Waals surface area (Å²) in [5.74, 6) is 0.230. The predicted molar refractivity (Wildman–Crippen MR) is 93.6 cm³/mol. The number of rotatable bonds is 5. The van der Waals surface area contributed by atoms with Gasteiger partial charge in [0.2, 0.25) is 0 Å². The minimum absolute atomic E-state index is 0.0556. The Bertz CT molecular complexity index is 839. The normalized spacial score (nSPS) is 11.0. The molecule has 0 radical (unpaired) electrons. The molecular formula is C17H13BrN2O4. The van der Waals surface area contributed by atoms with Crippen LogP contribution in [0.4, 0.5) is 5.69 Å². The zero-order chi connectivity index (χ0) is 17.7. The molecule has 24 heavy (non-hydrogen) atoms. The number of allylic oxidation sites excluding steroid dienone is 1. The van der Waals surface area contributed by atoms with Crippen LogP contribution in [0.25, 0.3) is 11.6 Å². The Morgan fingerprint density at radius 1 is 1.42 bits per heavy atom. The number of ether oxygens (including phenoxy) is 1. The number of halogens is 1. The average Bonchev–Trinajstić information content (AvgIpc) is 2.56. The molecule has 0 fully saturated rings. The highest BCUT2D eigenvalue weighted by molar-refractivity contribution is 9.10. The van der Waals surface area contributed by atoms with Crippen molar-refractivity contribution < 1.29 is 14.8 Å². The number of aromatic hydroxyl groups is 1. The van der Waals surface area contributed by atoms with Crippen LogP contribution in [0.3, 0.4) is 0 Å². The molecule has 0 aliphatic heterocycles. The quantitative estimate of drug-likeness (QED) is 0.351. The van der Waals surface area contributed by atoms with Crippen molar-refractivity contribution in [2.75, 3.05) is 6.61 Å². The van der Waals surface area contributed by atoms with E-state index in [2.05, 4.69) is 15.9 Å². The van der Waals surface area contributed by atoms with Crippen molar-refractivity contribution in [3.63, 3.8) is 0 Å². The van der Waals surface area contributed by atoms with Gasteiger partial charge in [0.25, 0.3) is 5.69 Å². The van der Waals surface area contributed by atoms with Crippen molar-refractivity contribution in [3.8, 4) is 17.6 Å². The lowest BCUT2D eigenvalue weighted by molar-refractivity contribution is -0.384. The second-order valence-corrected chi connectivity index (χ2v) is 5.66. The van der Waals surface area contributed by atoms with E-state index in [4.69, 9.17) is 4.74 Å². The van der Waals surface area contributed by atoms with Crippen molar-refractivity contribution in [1.82, 2.24) is 0 Å². The highest BCUT2D eigenvalue weighted by atomic mass is 79.9. The first-order valence-electron chi connectivity index (χ1n) is 6.98. The number of non-ortho nitro benzene ring substituents is 1. The fourth-order valence-corrected chi connectivity index (χ4v) is 2.52. The number of benzene rings is 2. The van der Waals surface area contributed by atoms with Crippen LogP contribution in [0.1, 0.15) is 18.1 Å². The summed E-state index contributed by atoms with van der Waals surface area (Å²) < 4.78 is 6.04. The van der Waals surface area contributed by atoms with Crippen molar-refractivity contribution in [1.29, 1.82) is 5.26 Å². The molecule has 1 N–H and O–H groups in total. The molecule has 0 saturated heterocycles. The third kappa shape index (κ3) is 3.91. The smallest absolute Gasteiger partial charge is 0.269 e. The second kappa shape index (κ2) is 7.62. The molecule has 2 rings (SSSR count). The number of nitro benzene ring substituents is 1. The fraction of sp³-hybridized carbons (Fsp3) is 0.118. The van der Waals surface area contributed by atoms with Crippen LogP contribution in [0.15, 0.2) is 40.9 Å². The monoisotopic (exact) mass is 388 g/mol. The average molecular weight is 389 g/mol. The summed E-state index contributed by atoms with van der Waals surface area (Å²) in [5, 5.41) is 30.3. The van der Waals surface area contributed by atoms with Crippen LogP contribution in [0.5, 0.6) is 11.5 Å². The van der Waals surface area contributed by atoms with E-state index in [0.29, 0.717) is 28.0 Å². The van der Waals surface area contributed by atoms with E-state index in [1.165, 1.54) is 30.3 Å². The highest BCUT2D eigenvalue weighted by Gasteiger charge is 2.12. The van der Waals surface area contributed by atoms with Crippen molar-refractivity contribution >= 4 is 33.3 Å². The molecule has 0 aliphatic carbocycles. The van der Waals surface area contributed by atoms with E-state index >= 15 is 0 Å². The van der Waals surface area contributed by atoms with Gasteiger partial charge in [-0.1, -0.05) is 15.9 Å². The van der Waals surface area contributed by atoms with Gasteiger partial charge in [0, 0.05) is 22.2 Å². The molecule has 0 aliphatic rings. The Labute approximate surface area is 146 Å². The standard InChI is InChI=1S/C17H13BrN2O4/c1-2-24-16-9-14(18)8-12(17(16)21)7-13(10-19)11-3-5-15(6-4-11)20(22)23/h3-9,21H,2H2,1H3/b13-7-. The minimum atomic E-state index is -0.506. The summed E-state index contributed by atoms with van der Waals surface area (Å²) in [5.41, 5.74) is 1.13. The Balaban J connectivity index is 2.47. The number of hydrogen-bond donors (Lipinski definition) is 1. The van der Waals surface area contributed by atoms with Gasteiger partial charge in [0.15, 0.2) is 11.5 Å². The van der Waals surface area contributed by atoms with E-state index < -0.39 is 4.92 Å². The lowest BCUT2D eigenvalue weighted by atomic mass is 10.0. The van der Waals surface area contributed by atoms with E-state index in [1.54, 1.807) is 19.1 Å². The van der Waals surface area contributed by atoms with Crippen LogP contribution in [0, 0.1) is 21.4 Å². The van der Waals surface area contributed by atoms with Crippen LogP contribution in [0.2, 0.25) is 0 Å². The molecule has 0 aromatic heterocycles. The van der Waals surface area contributed by atoms with E-state index in [9.17, 15) is 20.5 Å². The molecule has 0 atom stereocenters. The van der Waals surface area contributed by atoms with Gasteiger partial charge in [-0.05, 0) is 42.8 Å². The number of nitriles is 1. The summed E-state index contributed by atoms with van der Waals surface area (Å²) in [6, 6.07) is 11.0. The summed E-state index contributed by atoms with van der Waals surface area (Å²) in [6.45, 7) is 2.19. The molecule has 2 aromatic carbocycles. The third-order valence-electron chi connectivity index (χ3n) is 3.18. The molecule has 6 nitrogen and oxygen atoms in total. The summed E-state index contributed by atoms with van der Waals surface area (Å²) in [6.07, 6.45) is 1.50. The maximum Gasteiger partial charge on any atom is 0.269 e. The summed E-state index contributed by atoms with van der Waals surface area (Å²) in [4.78, 5) is 10.2. The Morgan fingerprint density at radius 3 is 2.62 bits per heavy atom. The largest absolute Gasteiger partial charge is 0.504 e. The van der Waals surface area contributed by atoms with Gasteiger partial charge in [0.1, 0.15) is 0 Å². The van der Waals surface area contributed by atoms with Gasteiger partial charge in [-0.3, -0.25) is 10.1 Å². The number of phenols is 1. The minimum Gasteiger partial charge on any atom is -0.504 e.